The van der Waals surface area contributed by atoms with Crippen molar-refractivity contribution in [2.24, 2.45) is 5.10 Å². The fraction of sp³-hybridized carbons (Fsp3) is 0.222. The molecule has 0 aliphatic carbocycles. The summed E-state index contributed by atoms with van der Waals surface area (Å²) in [5.74, 6) is 0.00188. The summed E-state index contributed by atoms with van der Waals surface area (Å²) in [7, 11) is 0. The van der Waals surface area contributed by atoms with Crippen molar-refractivity contribution >= 4 is 11.5 Å². The Balaban J connectivity index is 1.52. The Bertz CT molecular complexity index is 712. The molecule has 0 spiro atoms. The van der Waals surface area contributed by atoms with E-state index in [4.69, 9.17) is 4.74 Å². The minimum atomic E-state index is -0.396. The first-order chi connectivity index (χ1) is 10.8. The molecule has 0 bridgehead atoms. The van der Waals surface area contributed by atoms with Crippen molar-refractivity contribution in [3.05, 3.63) is 71.8 Å². The van der Waals surface area contributed by atoms with Gasteiger partial charge in [-0.25, -0.2) is 0 Å². The van der Waals surface area contributed by atoms with Gasteiger partial charge < -0.3 is 10.2 Å². The Hall–Kier alpha value is -2.46. The molecule has 2 aromatic carbocycles. The molecule has 110 valence electrons. The molecule has 3 atom stereocenters. The number of ether oxygens (including phenoxy) is 1. The molecule has 4 rings (SSSR count). The summed E-state index contributed by atoms with van der Waals surface area (Å²) in [6.07, 6.45) is -0.527. The first-order valence-electron chi connectivity index (χ1n) is 7.44. The predicted molar refractivity (Wildman–Crippen MR) is 83.7 cm³/mol. The molecule has 4 nitrogen and oxygen atoms in total. The van der Waals surface area contributed by atoms with Crippen molar-refractivity contribution in [1.82, 2.24) is 5.43 Å². The van der Waals surface area contributed by atoms with Gasteiger partial charge in [0.1, 0.15) is 11.8 Å². The number of carbonyl (C=O) groups is 1. The number of rotatable bonds is 4. The van der Waals surface area contributed by atoms with Crippen LogP contribution in [0.3, 0.4) is 0 Å². The van der Waals surface area contributed by atoms with Crippen LogP contribution in [0.1, 0.15) is 23.1 Å². The second-order valence-electron chi connectivity index (χ2n) is 5.57. The van der Waals surface area contributed by atoms with Gasteiger partial charge in [-0.3, -0.25) is 4.79 Å². The van der Waals surface area contributed by atoms with Crippen LogP contribution in [0.5, 0.6) is 0 Å². The van der Waals surface area contributed by atoms with E-state index in [0.717, 1.165) is 11.1 Å². The number of Topliss-reactive ketones (excluding diaryl/α,β-unsaturated/α-hetero) is 1. The molecule has 0 aromatic heterocycles. The summed E-state index contributed by atoms with van der Waals surface area (Å²) in [5.41, 5.74) is 5.68. The number of hydrazone groups is 1. The normalized spacial score (nSPS) is 26.2. The first kappa shape index (κ1) is 13.2. The highest BCUT2D eigenvalue weighted by atomic mass is 16.6. The third-order valence-electron chi connectivity index (χ3n) is 4.16. The highest BCUT2D eigenvalue weighted by molar-refractivity contribution is 6.44. The largest absolute Gasteiger partial charge is 0.356 e. The predicted octanol–water partition coefficient (Wildman–Crippen LogP) is 2.44. The van der Waals surface area contributed by atoms with Crippen molar-refractivity contribution < 1.29 is 9.53 Å². The van der Waals surface area contributed by atoms with Crippen LogP contribution in [0.25, 0.3) is 0 Å². The summed E-state index contributed by atoms with van der Waals surface area (Å²) < 4.78 is 5.60. The monoisotopic (exact) mass is 292 g/mol. The van der Waals surface area contributed by atoms with Gasteiger partial charge in [-0.05, 0) is 11.1 Å². The Labute approximate surface area is 128 Å². The smallest absolute Gasteiger partial charge is 0.211 e. The van der Waals surface area contributed by atoms with Gasteiger partial charge in [-0.1, -0.05) is 60.7 Å². The molecule has 2 aliphatic rings. The van der Waals surface area contributed by atoms with E-state index in [2.05, 4.69) is 10.5 Å². The van der Waals surface area contributed by atoms with Gasteiger partial charge in [-0.15, -0.1) is 0 Å². The Morgan fingerprint density at radius 3 is 2.32 bits per heavy atom. The molecule has 2 heterocycles. The van der Waals surface area contributed by atoms with Crippen LogP contribution in [0.4, 0.5) is 0 Å². The van der Waals surface area contributed by atoms with Crippen LogP contribution < -0.4 is 5.43 Å². The summed E-state index contributed by atoms with van der Waals surface area (Å²) in [6.45, 7) is 0.661. The second kappa shape index (κ2) is 5.39. The fourth-order valence-corrected chi connectivity index (χ4v) is 2.94. The molecular formula is C18H16N2O2. The maximum absolute atomic E-state index is 12.7. The molecule has 4 heteroatoms. The lowest BCUT2D eigenvalue weighted by Crippen LogP contribution is -2.25. The molecule has 1 saturated heterocycles. The molecule has 0 amide bonds. The number of hydrogen-bond acceptors (Lipinski definition) is 4. The number of hydrogen-bond donors (Lipinski definition) is 1. The Kier molecular flexibility index (Phi) is 3.24. The highest BCUT2D eigenvalue weighted by Crippen LogP contribution is 2.40. The summed E-state index contributed by atoms with van der Waals surface area (Å²) in [5, 5.41) is 4.22. The molecule has 0 saturated carbocycles. The standard InChI is InChI=1S/C18H16N2O2/c21-16(18-17(22-18)13-9-5-2-6-10-13)15-14(11-19-20-15)12-7-3-1-4-8-12/h1-10,14,17-19H,11H2/t14-,17-,18-/m0/s1. The topological polar surface area (TPSA) is 54.0 Å². The molecule has 22 heavy (non-hydrogen) atoms. The number of carbonyl (C=O) groups excluding carboxylic acids is 1. The van der Waals surface area contributed by atoms with Crippen molar-refractivity contribution in [2.75, 3.05) is 6.54 Å². The van der Waals surface area contributed by atoms with Crippen LogP contribution in [0.15, 0.2) is 65.8 Å². The maximum atomic E-state index is 12.7. The van der Waals surface area contributed by atoms with E-state index in [1.165, 1.54) is 0 Å². The third-order valence-corrected chi connectivity index (χ3v) is 4.16. The summed E-state index contributed by atoms with van der Waals surface area (Å²) in [4.78, 5) is 12.7. The molecule has 2 aromatic rings. The van der Waals surface area contributed by atoms with E-state index in [1.807, 2.05) is 60.7 Å². The lowest BCUT2D eigenvalue weighted by atomic mass is 9.91. The molecule has 1 fully saturated rings. The molecule has 0 unspecified atom stereocenters. The number of benzene rings is 2. The quantitative estimate of drug-likeness (QED) is 0.881. The Morgan fingerprint density at radius 2 is 1.64 bits per heavy atom. The Morgan fingerprint density at radius 1 is 1.00 bits per heavy atom. The molecule has 2 aliphatic heterocycles. The summed E-state index contributed by atoms with van der Waals surface area (Å²) >= 11 is 0. The van der Waals surface area contributed by atoms with E-state index in [-0.39, 0.29) is 17.8 Å². The number of nitrogens with zero attached hydrogens (tertiary/aromatic N) is 1. The van der Waals surface area contributed by atoms with E-state index >= 15 is 0 Å². The van der Waals surface area contributed by atoms with Crippen molar-refractivity contribution in [2.45, 2.75) is 18.1 Å². The van der Waals surface area contributed by atoms with Crippen LogP contribution in [-0.2, 0) is 9.53 Å². The average Bonchev–Trinajstić information content (AvgIpc) is 3.24. The zero-order valence-corrected chi connectivity index (χ0v) is 12.0. The van der Waals surface area contributed by atoms with Gasteiger partial charge in [0, 0.05) is 6.54 Å². The number of nitrogens with one attached hydrogen (secondary N) is 1. The van der Waals surface area contributed by atoms with Crippen LogP contribution in [-0.4, -0.2) is 24.1 Å². The number of ketones is 1. The lowest BCUT2D eigenvalue weighted by molar-refractivity contribution is -0.114. The van der Waals surface area contributed by atoms with E-state index < -0.39 is 6.10 Å². The van der Waals surface area contributed by atoms with Crippen molar-refractivity contribution in [3.63, 3.8) is 0 Å². The lowest BCUT2D eigenvalue weighted by Gasteiger charge is -2.10. The van der Waals surface area contributed by atoms with Gasteiger partial charge in [0.15, 0.2) is 6.10 Å². The van der Waals surface area contributed by atoms with Crippen LogP contribution in [0, 0.1) is 0 Å². The minimum Gasteiger partial charge on any atom is -0.356 e. The third kappa shape index (κ3) is 2.31. The van der Waals surface area contributed by atoms with Gasteiger partial charge in [0.25, 0.3) is 0 Å². The minimum absolute atomic E-state index is 0.00675. The zero-order valence-electron chi connectivity index (χ0n) is 12.0. The van der Waals surface area contributed by atoms with Crippen LogP contribution >= 0.6 is 0 Å². The fourth-order valence-electron chi connectivity index (χ4n) is 2.94. The highest BCUT2D eigenvalue weighted by Gasteiger charge is 2.49. The summed E-state index contributed by atoms with van der Waals surface area (Å²) in [6, 6.07) is 19.8. The van der Waals surface area contributed by atoms with Gasteiger partial charge >= 0.3 is 0 Å². The van der Waals surface area contributed by atoms with Gasteiger partial charge in [0.2, 0.25) is 5.78 Å². The van der Waals surface area contributed by atoms with Crippen molar-refractivity contribution in [1.29, 1.82) is 0 Å². The molecule has 1 N–H and O–H groups in total. The van der Waals surface area contributed by atoms with Crippen molar-refractivity contribution in [3.8, 4) is 0 Å². The van der Waals surface area contributed by atoms with E-state index in [9.17, 15) is 4.79 Å². The van der Waals surface area contributed by atoms with E-state index in [0.29, 0.717) is 12.3 Å². The van der Waals surface area contributed by atoms with E-state index in [1.54, 1.807) is 0 Å². The second-order valence-corrected chi connectivity index (χ2v) is 5.57. The molecular weight excluding hydrogens is 276 g/mol. The number of epoxide rings is 1. The average molecular weight is 292 g/mol. The van der Waals surface area contributed by atoms with Gasteiger partial charge in [-0.2, -0.15) is 5.10 Å². The maximum Gasteiger partial charge on any atom is 0.211 e. The molecule has 0 radical (unpaired) electrons. The van der Waals surface area contributed by atoms with Crippen LogP contribution in [0.2, 0.25) is 0 Å². The SMILES string of the molecule is O=C(C1=NNC[C@H]1c1ccccc1)[C@@H]1O[C@H]1c1ccccc1. The van der Waals surface area contributed by atoms with Gasteiger partial charge in [0.05, 0.1) is 5.92 Å². The first-order valence-corrected chi connectivity index (χ1v) is 7.44. The zero-order chi connectivity index (χ0) is 14.9.